The predicted octanol–water partition coefficient (Wildman–Crippen LogP) is 3.02. The highest BCUT2D eigenvalue weighted by molar-refractivity contribution is 5.82. The van der Waals surface area contributed by atoms with E-state index >= 15 is 0 Å². The Morgan fingerprint density at radius 2 is 1.65 bits per heavy atom. The van der Waals surface area contributed by atoms with E-state index in [0.29, 0.717) is 19.8 Å². The summed E-state index contributed by atoms with van der Waals surface area (Å²) in [5.74, 6) is -3.19. The Balaban J connectivity index is 1.41. The van der Waals surface area contributed by atoms with Crippen molar-refractivity contribution in [1.29, 1.82) is 0 Å². The van der Waals surface area contributed by atoms with Crippen LogP contribution in [-0.2, 0) is 29.3 Å². The summed E-state index contributed by atoms with van der Waals surface area (Å²) in [5, 5.41) is 5.25. The zero-order valence-corrected chi connectivity index (χ0v) is 14.4. The molecule has 3 rings (SSSR count). The van der Waals surface area contributed by atoms with Crippen LogP contribution in [0.5, 0.6) is 0 Å². The van der Waals surface area contributed by atoms with Gasteiger partial charge in [-0.3, -0.25) is 10.1 Å². The Labute approximate surface area is 151 Å². The van der Waals surface area contributed by atoms with Gasteiger partial charge in [0.25, 0.3) is 5.92 Å². The minimum Gasteiger partial charge on any atom is -0.372 e. The largest absolute Gasteiger partial charge is 0.372 e. The van der Waals surface area contributed by atoms with Crippen LogP contribution in [0.25, 0.3) is 0 Å². The van der Waals surface area contributed by atoms with E-state index in [1.807, 2.05) is 54.6 Å². The van der Waals surface area contributed by atoms with Gasteiger partial charge in [-0.25, -0.2) is 8.78 Å². The Hall–Kier alpha value is -2.31. The molecule has 138 valence electrons. The SMILES string of the molecule is O=C(NCc1ccc(COCc2ccccc2)cc1)C1CC(F)(F)CN1. The normalized spacial score (nSPS) is 18.6. The third-order valence-corrected chi connectivity index (χ3v) is 4.30. The van der Waals surface area contributed by atoms with Crippen LogP contribution in [0.15, 0.2) is 54.6 Å². The molecule has 1 saturated heterocycles. The van der Waals surface area contributed by atoms with Gasteiger partial charge in [0.15, 0.2) is 0 Å². The van der Waals surface area contributed by atoms with Crippen molar-refractivity contribution >= 4 is 5.91 Å². The van der Waals surface area contributed by atoms with Crippen molar-refractivity contribution in [2.24, 2.45) is 0 Å². The van der Waals surface area contributed by atoms with Crippen molar-refractivity contribution in [1.82, 2.24) is 10.6 Å². The highest BCUT2D eigenvalue weighted by Gasteiger charge is 2.42. The highest BCUT2D eigenvalue weighted by atomic mass is 19.3. The molecule has 2 aromatic carbocycles. The summed E-state index contributed by atoms with van der Waals surface area (Å²) in [4.78, 5) is 11.9. The zero-order chi connectivity index (χ0) is 18.4. The minimum absolute atomic E-state index is 0.313. The fraction of sp³-hybridized carbons (Fsp3) is 0.350. The number of alkyl halides is 2. The van der Waals surface area contributed by atoms with Crippen molar-refractivity contribution in [3.8, 4) is 0 Å². The number of carbonyl (C=O) groups is 1. The fourth-order valence-corrected chi connectivity index (χ4v) is 2.83. The highest BCUT2D eigenvalue weighted by Crippen LogP contribution is 2.25. The Morgan fingerprint density at radius 1 is 1.04 bits per heavy atom. The zero-order valence-electron chi connectivity index (χ0n) is 14.4. The molecule has 1 atom stereocenters. The molecular weight excluding hydrogens is 338 g/mol. The molecule has 26 heavy (non-hydrogen) atoms. The maximum Gasteiger partial charge on any atom is 0.262 e. The van der Waals surface area contributed by atoms with E-state index < -0.39 is 30.8 Å². The molecule has 1 heterocycles. The summed E-state index contributed by atoms with van der Waals surface area (Å²) in [7, 11) is 0. The van der Waals surface area contributed by atoms with Gasteiger partial charge in [-0.1, -0.05) is 54.6 Å². The van der Waals surface area contributed by atoms with Gasteiger partial charge in [-0.15, -0.1) is 0 Å². The average Bonchev–Trinajstić information content (AvgIpc) is 3.02. The van der Waals surface area contributed by atoms with Crippen LogP contribution in [0.2, 0.25) is 0 Å². The summed E-state index contributed by atoms with van der Waals surface area (Å²) in [6.07, 6.45) is -0.448. The molecule has 0 aliphatic carbocycles. The molecule has 0 saturated carbocycles. The van der Waals surface area contributed by atoms with Crippen molar-refractivity contribution in [3.63, 3.8) is 0 Å². The van der Waals surface area contributed by atoms with Gasteiger partial charge in [-0.2, -0.15) is 0 Å². The van der Waals surface area contributed by atoms with Crippen LogP contribution in [-0.4, -0.2) is 24.4 Å². The molecule has 0 bridgehead atoms. The molecule has 2 N–H and O–H groups in total. The number of amides is 1. The summed E-state index contributed by atoms with van der Waals surface area (Å²) >= 11 is 0. The van der Waals surface area contributed by atoms with Crippen LogP contribution in [0, 0.1) is 0 Å². The van der Waals surface area contributed by atoms with E-state index in [9.17, 15) is 13.6 Å². The molecule has 0 spiro atoms. The van der Waals surface area contributed by atoms with Gasteiger partial charge >= 0.3 is 0 Å². The second-order valence-electron chi connectivity index (χ2n) is 6.51. The molecule has 1 amide bonds. The van der Waals surface area contributed by atoms with Gasteiger partial charge in [0.05, 0.1) is 25.8 Å². The molecule has 0 radical (unpaired) electrons. The topological polar surface area (TPSA) is 50.4 Å². The van der Waals surface area contributed by atoms with Gasteiger partial charge in [0.1, 0.15) is 0 Å². The number of benzene rings is 2. The number of hydrogen-bond donors (Lipinski definition) is 2. The quantitative estimate of drug-likeness (QED) is 0.798. The lowest BCUT2D eigenvalue weighted by molar-refractivity contribution is -0.123. The van der Waals surface area contributed by atoms with E-state index in [-0.39, 0.29) is 0 Å². The van der Waals surface area contributed by atoms with Crippen LogP contribution >= 0.6 is 0 Å². The predicted molar refractivity (Wildman–Crippen MR) is 94.6 cm³/mol. The van der Waals surface area contributed by atoms with Gasteiger partial charge in [0.2, 0.25) is 5.91 Å². The first-order chi connectivity index (χ1) is 12.5. The molecule has 1 fully saturated rings. The second-order valence-corrected chi connectivity index (χ2v) is 6.51. The monoisotopic (exact) mass is 360 g/mol. The van der Waals surface area contributed by atoms with E-state index in [1.165, 1.54) is 0 Å². The first-order valence-electron chi connectivity index (χ1n) is 8.60. The maximum atomic E-state index is 13.1. The van der Waals surface area contributed by atoms with Crippen LogP contribution in [0.3, 0.4) is 0 Å². The summed E-state index contributed by atoms with van der Waals surface area (Å²) < 4.78 is 31.9. The Morgan fingerprint density at radius 3 is 2.27 bits per heavy atom. The summed E-state index contributed by atoms with van der Waals surface area (Å²) in [5.41, 5.74) is 3.07. The van der Waals surface area contributed by atoms with Crippen LogP contribution in [0.4, 0.5) is 8.78 Å². The molecule has 4 nitrogen and oxygen atoms in total. The molecule has 1 aliphatic rings. The van der Waals surface area contributed by atoms with E-state index in [4.69, 9.17) is 4.74 Å². The standard InChI is InChI=1S/C20H22F2N2O2/c21-20(22)10-18(24-14-20)19(25)23-11-15-6-8-17(9-7-15)13-26-12-16-4-2-1-3-5-16/h1-9,18,24H,10-14H2,(H,23,25). The second kappa shape index (κ2) is 8.38. The smallest absolute Gasteiger partial charge is 0.262 e. The molecular formula is C20H22F2N2O2. The van der Waals surface area contributed by atoms with Crippen molar-refractivity contribution in [3.05, 3.63) is 71.3 Å². The van der Waals surface area contributed by atoms with Gasteiger partial charge < -0.3 is 10.1 Å². The number of rotatable bonds is 7. The van der Waals surface area contributed by atoms with E-state index in [1.54, 1.807) is 0 Å². The minimum atomic E-state index is -2.80. The number of hydrogen-bond acceptors (Lipinski definition) is 3. The number of ether oxygens (including phenoxy) is 1. The number of carbonyl (C=O) groups excluding carboxylic acids is 1. The molecule has 6 heteroatoms. The summed E-state index contributed by atoms with van der Waals surface area (Å²) in [6.45, 7) is 0.927. The third kappa shape index (κ3) is 5.34. The van der Waals surface area contributed by atoms with Crippen LogP contribution < -0.4 is 10.6 Å². The molecule has 2 aromatic rings. The number of nitrogens with one attached hydrogen (secondary N) is 2. The van der Waals surface area contributed by atoms with Crippen LogP contribution in [0.1, 0.15) is 23.1 Å². The Bertz CT molecular complexity index is 720. The lowest BCUT2D eigenvalue weighted by Gasteiger charge is -2.11. The van der Waals surface area contributed by atoms with Gasteiger partial charge in [-0.05, 0) is 16.7 Å². The van der Waals surface area contributed by atoms with Crippen molar-refractivity contribution in [2.45, 2.75) is 38.1 Å². The van der Waals surface area contributed by atoms with Crippen molar-refractivity contribution in [2.75, 3.05) is 6.54 Å². The molecule has 1 aliphatic heterocycles. The van der Waals surface area contributed by atoms with Crippen molar-refractivity contribution < 1.29 is 18.3 Å². The first-order valence-corrected chi connectivity index (χ1v) is 8.60. The maximum absolute atomic E-state index is 13.1. The number of halogens is 2. The third-order valence-electron chi connectivity index (χ3n) is 4.30. The average molecular weight is 360 g/mol. The molecule has 1 unspecified atom stereocenters. The Kier molecular flexibility index (Phi) is 5.96. The lowest BCUT2D eigenvalue weighted by atomic mass is 10.1. The van der Waals surface area contributed by atoms with E-state index in [0.717, 1.165) is 16.7 Å². The summed E-state index contributed by atoms with van der Waals surface area (Å²) in [6, 6.07) is 16.8. The lowest BCUT2D eigenvalue weighted by Crippen LogP contribution is -2.40. The molecule has 0 aromatic heterocycles. The fourth-order valence-electron chi connectivity index (χ4n) is 2.83. The first kappa shape index (κ1) is 18.5. The van der Waals surface area contributed by atoms with Gasteiger partial charge in [0, 0.05) is 13.0 Å². The van der Waals surface area contributed by atoms with E-state index in [2.05, 4.69) is 10.6 Å².